The predicted molar refractivity (Wildman–Crippen MR) is 66.9 cm³/mol. The van der Waals surface area contributed by atoms with E-state index in [1.807, 2.05) is 12.1 Å². The van der Waals surface area contributed by atoms with Crippen molar-refractivity contribution in [2.75, 3.05) is 17.7 Å². The van der Waals surface area contributed by atoms with Crippen molar-refractivity contribution in [2.24, 2.45) is 0 Å². The van der Waals surface area contributed by atoms with Gasteiger partial charge in [-0.3, -0.25) is 0 Å². The van der Waals surface area contributed by atoms with Crippen LogP contribution in [-0.2, 0) is 0 Å². The number of hydrogen-bond donors (Lipinski definition) is 1. The Morgan fingerprint density at radius 1 is 1.13 bits per heavy atom. The van der Waals surface area contributed by atoms with Crippen molar-refractivity contribution in [1.29, 1.82) is 0 Å². The molecule has 15 heavy (non-hydrogen) atoms. The summed E-state index contributed by atoms with van der Waals surface area (Å²) in [6.45, 7) is 0.955. The third-order valence-electron chi connectivity index (χ3n) is 2.09. The van der Waals surface area contributed by atoms with E-state index in [-0.39, 0.29) is 0 Å². The third kappa shape index (κ3) is 5.85. The quantitative estimate of drug-likeness (QED) is 0.583. The van der Waals surface area contributed by atoms with Gasteiger partial charge >= 0.3 is 0 Å². The minimum absolute atomic E-state index is 0.669. The fourth-order valence-electron chi connectivity index (χ4n) is 1.27. The normalized spacial score (nSPS) is 10.3. The first-order valence-electron chi connectivity index (χ1n) is 5.24. The highest BCUT2D eigenvalue weighted by Crippen LogP contribution is 2.09. The number of anilines is 1. The predicted octanol–water partition coefficient (Wildman–Crippen LogP) is 3.95. The molecule has 4 heteroatoms. The first kappa shape index (κ1) is 12.6. The second-order valence-electron chi connectivity index (χ2n) is 3.39. The molecular weight excluding hydrogens is 231 g/mol. The minimum atomic E-state index is 0.669. The second-order valence-corrected chi connectivity index (χ2v) is 4.21. The Hall–Kier alpha value is -0.470. The van der Waals surface area contributed by atoms with Gasteiger partial charge in [-0.1, -0.05) is 24.4 Å². The molecule has 0 spiro atoms. The smallest absolute Gasteiger partial charge is 0.125 e. The van der Waals surface area contributed by atoms with Crippen LogP contribution in [-0.4, -0.2) is 17.4 Å². The molecule has 0 aliphatic rings. The van der Waals surface area contributed by atoms with E-state index in [0.29, 0.717) is 5.02 Å². The molecule has 1 aromatic rings. The second kappa shape index (κ2) is 7.77. The van der Waals surface area contributed by atoms with Gasteiger partial charge in [-0.25, -0.2) is 4.98 Å². The van der Waals surface area contributed by atoms with Crippen LogP contribution in [0.5, 0.6) is 0 Å². The summed E-state index contributed by atoms with van der Waals surface area (Å²) in [5, 5.41) is 3.92. The SMILES string of the molecule is ClCCCCCCNc1ccc(Cl)cn1. The number of unbranched alkanes of at least 4 members (excludes halogenated alkanes) is 3. The van der Waals surface area contributed by atoms with Gasteiger partial charge in [-0.05, 0) is 25.0 Å². The Morgan fingerprint density at radius 3 is 2.60 bits per heavy atom. The fraction of sp³-hybridized carbons (Fsp3) is 0.545. The molecule has 1 N–H and O–H groups in total. The molecule has 0 saturated carbocycles. The Labute approximate surface area is 101 Å². The molecular formula is C11H16Cl2N2. The van der Waals surface area contributed by atoms with Crippen LogP contribution < -0.4 is 5.32 Å². The van der Waals surface area contributed by atoms with Gasteiger partial charge in [0.2, 0.25) is 0 Å². The molecule has 2 nitrogen and oxygen atoms in total. The van der Waals surface area contributed by atoms with Crippen LogP contribution in [0.2, 0.25) is 5.02 Å². The Balaban J connectivity index is 2.07. The van der Waals surface area contributed by atoms with E-state index in [0.717, 1.165) is 31.1 Å². The number of halogens is 2. The minimum Gasteiger partial charge on any atom is -0.370 e. The van der Waals surface area contributed by atoms with Gasteiger partial charge in [0.15, 0.2) is 0 Å². The molecule has 0 aliphatic heterocycles. The highest BCUT2D eigenvalue weighted by Gasteiger charge is 1.93. The summed E-state index contributed by atoms with van der Waals surface area (Å²) in [6, 6.07) is 3.73. The van der Waals surface area contributed by atoms with Gasteiger partial charge in [0.05, 0.1) is 5.02 Å². The third-order valence-corrected chi connectivity index (χ3v) is 2.58. The molecule has 0 bridgehead atoms. The standard InChI is InChI=1S/C11H16Cl2N2/c12-7-3-1-2-4-8-14-11-6-5-10(13)9-15-11/h5-6,9H,1-4,7-8H2,(H,14,15). The lowest BCUT2D eigenvalue weighted by molar-refractivity contribution is 0.687. The van der Waals surface area contributed by atoms with E-state index in [4.69, 9.17) is 23.2 Å². The number of pyridine rings is 1. The summed E-state index contributed by atoms with van der Waals surface area (Å²) < 4.78 is 0. The van der Waals surface area contributed by atoms with Crippen LogP contribution in [0.4, 0.5) is 5.82 Å². The monoisotopic (exact) mass is 246 g/mol. The van der Waals surface area contributed by atoms with Gasteiger partial charge in [-0.2, -0.15) is 0 Å². The zero-order valence-electron chi connectivity index (χ0n) is 8.68. The summed E-state index contributed by atoms with van der Waals surface area (Å²) >= 11 is 11.3. The number of hydrogen-bond acceptors (Lipinski definition) is 2. The van der Waals surface area contributed by atoms with Crippen molar-refractivity contribution in [1.82, 2.24) is 4.98 Å². The first-order valence-corrected chi connectivity index (χ1v) is 6.15. The zero-order valence-corrected chi connectivity index (χ0v) is 10.2. The van der Waals surface area contributed by atoms with Crippen molar-refractivity contribution in [3.8, 4) is 0 Å². The average Bonchev–Trinajstić information content (AvgIpc) is 2.26. The lowest BCUT2D eigenvalue weighted by Crippen LogP contribution is -2.02. The number of nitrogens with one attached hydrogen (secondary N) is 1. The van der Waals surface area contributed by atoms with Crippen molar-refractivity contribution in [3.05, 3.63) is 23.4 Å². The summed E-state index contributed by atoms with van der Waals surface area (Å²) in [6.07, 6.45) is 6.34. The molecule has 0 fully saturated rings. The highest BCUT2D eigenvalue weighted by molar-refractivity contribution is 6.30. The number of rotatable bonds is 7. The van der Waals surface area contributed by atoms with E-state index in [2.05, 4.69) is 10.3 Å². The van der Waals surface area contributed by atoms with Gasteiger partial charge < -0.3 is 5.32 Å². The van der Waals surface area contributed by atoms with Crippen LogP contribution in [0.15, 0.2) is 18.3 Å². The van der Waals surface area contributed by atoms with Crippen LogP contribution in [0, 0.1) is 0 Å². The molecule has 1 rings (SSSR count). The molecule has 0 amide bonds. The van der Waals surface area contributed by atoms with Crippen LogP contribution in [0.1, 0.15) is 25.7 Å². The van der Waals surface area contributed by atoms with Crippen LogP contribution in [0.3, 0.4) is 0 Å². The van der Waals surface area contributed by atoms with Gasteiger partial charge in [0.1, 0.15) is 5.82 Å². The number of nitrogens with zero attached hydrogens (tertiary/aromatic N) is 1. The van der Waals surface area contributed by atoms with Crippen molar-refractivity contribution >= 4 is 29.0 Å². The van der Waals surface area contributed by atoms with Gasteiger partial charge in [0, 0.05) is 18.6 Å². The molecule has 0 aliphatic carbocycles. The Bertz CT molecular complexity index is 262. The van der Waals surface area contributed by atoms with Crippen LogP contribution >= 0.6 is 23.2 Å². The molecule has 0 atom stereocenters. The molecule has 0 aromatic carbocycles. The molecule has 1 heterocycles. The summed E-state index contributed by atoms with van der Waals surface area (Å²) in [4.78, 5) is 4.15. The van der Waals surface area contributed by atoms with Gasteiger partial charge in [-0.15, -0.1) is 11.6 Å². The fourth-order valence-corrected chi connectivity index (χ4v) is 1.57. The highest BCUT2D eigenvalue weighted by atomic mass is 35.5. The van der Waals surface area contributed by atoms with Crippen molar-refractivity contribution in [3.63, 3.8) is 0 Å². The van der Waals surface area contributed by atoms with Crippen LogP contribution in [0.25, 0.3) is 0 Å². The van der Waals surface area contributed by atoms with E-state index in [9.17, 15) is 0 Å². The molecule has 84 valence electrons. The zero-order chi connectivity index (χ0) is 10.9. The molecule has 0 unspecified atom stereocenters. The Kier molecular flexibility index (Phi) is 6.53. The maximum Gasteiger partial charge on any atom is 0.125 e. The average molecular weight is 247 g/mol. The molecule has 0 radical (unpaired) electrons. The summed E-state index contributed by atoms with van der Waals surface area (Å²) in [7, 11) is 0. The maximum atomic E-state index is 5.73. The van der Waals surface area contributed by atoms with Gasteiger partial charge in [0.25, 0.3) is 0 Å². The molecule has 1 aromatic heterocycles. The van der Waals surface area contributed by atoms with E-state index < -0.39 is 0 Å². The van der Waals surface area contributed by atoms with E-state index >= 15 is 0 Å². The lowest BCUT2D eigenvalue weighted by Gasteiger charge is -2.04. The largest absolute Gasteiger partial charge is 0.370 e. The number of aromatic nitrogens is 1. The topological polar surface area (TPSA) is 24.9 Å². The van der Waals surface area contributed by atoms with E-state index in [1.165, 1.54) is 12.8 Å². The van der Waals surface area contributed by atoms with Crippen molar-refractivity contribution in [2.45, 2.75) is 25.7 Å². The Morgan fingerprint density at radius 2 is 1.93 bits per heavy atom. The number of alkyl halides is 1. The lowest BCUT2D eigenvalue weighted by atomic mass is 10.2. The summed E-state index contributed by atoms with van der Waals surface area (Å²) in [5.41, 5.74) is 0. The van der Waals surface area contributed by atoms with E-state index in [1.54, 1.807) is 6.20 Å². The van der Waals surface area contributed by atoms with Crippen molar-refractivity contribution < 1.29 is 0 Å². The molecule has 0 saturated heterocycles. The maximum absolute atomic E-state index is 5.73. The summed E-state index contributed by atoms with van der Waals surface area (Å²) in [5.74, 6) is 1.66. The first-order chi connectivity index (χ1) is 7.33.